The Hall–Kier alpha value is -2.67. The number of ether oxygens (including phenoxy) is 1. The third-order valence-electron chi connectivity index (χ3n) is 4.88. The molecule has 2 aromatic carbocycles. The maximum Gasteiger partial charge on any atom is 0.264 e. The van der Waals surface area contributed by atoms with Crippen LogP contribution in [-0.2, 0) is 4.79 Å². The maximum absolute atomic E-state index is 12.5. The van der Waals surface area contributed by atoms with E-state index in [1.165, 1.54) is 11.8 Å². The highest BCUT2D eigenvalue weighted by Gasteiger charge is 2.25. The highest BCUT2D eigenvalue weighted by atomic mass is 35.5. The monoisotopic (exact) mass is 471 g/mol. The zero-order valence-corrected chi connectivity index (χ0v) is 19.4. The molecule has 0 unspecified atom stereocenters. The Kier molecular flexibility index (Phi) is 6.14. The number of hydrogen-bond donors (Lipinski definition) is 1. The molecule has 0 bridgehead atoms. The lowest BCUT2D eigenvalue weighted by molar-refractivity contribution is -0.115. The van der Waals surface area contributed by atoms with E-state index in [-0.39, 0.29) is 5.91 Å². The van der Waals surface area contributed by atoms with E-state index in [1.807, 2.05) is 67.0 Å². The number of hydrogen-bond acceptors (Lipinski definition) is 4. The number of aryl methyl sites for hydroxylation is 1. The van der Waals surface area contributed by atoms with Crippen molar-refractivity contribution in [3.8, 4) is 11.4 Å². The van der Waals surface area contributed by atoms with Gasteiger partial charge in [-0.05, 0) is 79.7 Å². The van der Waals surface area contributed by atoms with Crippen LogP contribution < -0.4 is 10.1 Å². The molecular formula is C23H19Cl2N3O2S. The molecule has 2 heterocycles. The second-order valence-corrected chi connectivity index (χ2v) is 8.73. The molecule has 5 nitrogen and oxygen atoms in total. The van der Waals surface area contributed by atoms with E-state index in [0.717, 1.165) is 34.1 Å². The first kappa shape index (κ1) is 21.6. The van der Waals surface area contributed by atoms with E-state index in [1.54, 1.807) is 13.2 Å². The van der Waals surface area contributed by atoms with E-state index in [4.69, 9.17) is 27.9 Å². The lowest BCUT2D eigenvalue weighted by Gasteiger charge is -2.12. The Morgan fingerprint density at radius 3 is 2.58 bits per heavy atom. The first-order valence-corrected chi connectivity index (χ1v) is 11.0. The van der Waals surface area contributed by atoms with Crippen LogP contribution in [0.15, 0.2) is 58.4 Å². The molecule has 3 aromatic rings. The van der Waals surface area contributed by atoms with Crippen LogP contribution in [0.1, 0.15) is 17.0 Å². The number of aromatic nitrogens is 1. The molecule has 8 heteroatoms. The molecule has 31 heavy (non-hydrogen) atoms. The summed E-state index contributed by atoms with van der Waals surface area (Å²) in [6.45, 7) is 3.98. The van der Waals surface area contributed by atoms with Gasteiger partial charge in [0.2, 0.25) is 0 Å². The van der Waals surface area contributed by atoms with Gasteiger partial charge in [0, 0.05) is 11.4 Å². The molecule has 158 valence electrons. The van der Waals surface area contributed by atoms with Gasteiger partial charge >= 0.3 is 0 Å². The average Bonchev–Trinajstić information content (AvgIpc) is 3.23. The lowest BCUT2D eigenvalue weighted by atomic mass is 10.2. The Bertz CT molecular complexity index is 1230. The molecule has 1 aliphatic rings. The standard InChI is InChI=1S/C23H19Cl2N3O2S/c1-13-11-15(14(2)28(13)19-6-4-5-18(24)21(19)25)12-20-22(29)27-23(31-20)26-16-7-9-17(30-3)10-8-16/h4-12H,1-3H3,(H,26,27,29)/b20-12-. The van der Waals surface area contributed by atoms with Crippen LogP contribution in [0.2, 0.25) is 10.0 Å². The summed E-state index contributed by atoms with van der Waals surface area (Å²) < 4.78 is 7.19. The van der Waals surface area contributed by atoms with E-state index < -0.39 is 0 Å². The maximum atomic E-state index is 12.5. The number of halogens is 2. The van der Waals surface area contributed by atoms with Gasteiger partial charge in [0.15, 0.2) is 5.17 Å². The minimum absolute atomic E-state index is 0.178. The summed E-state index contributed by atoms with van der Waals surface area (Å²) in [5.41, 5.74) is 4.42. The Morgan fingerprint density at radius 1 is 1.13 bits per heavy atom. The van der Waals surface area contributed by atoms with Crippen molar-refractivity contribution >= 4 is 57.8 Å². The second kappa shape index (κ2) is 8.83. The van der Waals surface area contributed by atoms with Gasteiger partial charge in [-0.15, -0.1) is 0 Å². The number of thioether (sulfide) groups is 1. The van der Waals surface area contributed by atoms with Crippen LogP contribution in [0.4, 0.5) is 5.69 Å². The van der Waals surface area contributed by atoms with Crippen molar-refractivity contribution < 1.29 is 9.53 Å². The molecule has 1 aromatic heterocycles. The Morgan fingerprint density at radius 2 is 1.87 bits per heavy atom. The van der Waals surface area contributed by atoms with Crippen LogP contribution in [0, 0.1) is 13.8 Å². The fourth-order valence-electron chi connectivity index (χ4n) is 3.37. The molecule has 4 rings (SSSR count). The minimum atomic E-state index is -0.178. The predicted molar refractivity (Wildman–Crippen MR) is 129 cm³/mol. The van der Waals surface area contributed by atoms with Crippen molar-refractivity contribution in [2.24, 2.45) is 4.99 Å². The van der Waals surface area contributed by atoms with Crippen LogP contribution in [-0.4, -0.2) is 22.8 Å². The van der Waals surface area contributed by atoms with Crippen molar-refractivity contribution in [2.45, 2.75) is 13.8 Å². The molecule has 0 aliphatic carbocycles. The van der Waals surface area contributed by atoms with Gasteiger partial charge in [-0.1, -0.05) is 29.3 Å². The first-order valence-electron chi connectivity index (χ1n) is 9.44. The highest BCUT2D eigenvalue weighted by molar-refractivity contribution is 8.18. The average molecular weight is 472 g/mol. The molecule has 1 amide bonds. The number of benzene rings is 2. The fraction of sp³-hybridized carbons (Fsp3) is 0.130. The van der Waals surface area contributed by atoms with Crippen molar-refractivity contribution in [2.75, 3.05) is 7.11 Å². The SMILES string of the molecule is COc1ccc(N=C2NC(=O)/C(=C/c3cc(C)n(-c4cccc(Cl)c4Cl)c3C)S2)cc1. The van der Waals surface area contributed by atoms with Crippen molar-refractivity contribution in [3.63, 3.8) is 0 Å². The van der Waals surface area contributed by atoms with Crippen LogP contribution in [0.25, 0.3) is 11.8 Å². The minimum Gasteiger partial charge on any atom is -0.497 e. The highest BCUT2D eigenvalue weighted by Crippen LogP contribution is 2.34. The van der Waals surface area contributed by atoms with E-state index >= 15 is 0 Å². The van der Waals surface area contributed by atoms with Gasteiger partial charge in [0.25, 0.3) is 5.91 Å². The largest absolute Gasteiger partial charge is 0.497 e. The van der Waals surface area contributed by atoms with E-state index in [0.29, 0.717) is 20.1 Å². The quantitative estimate of drug-likeness (QED) is 0.454. The number of carbonyl (C=O) groups is 1. The number of rotatable bonds is 4. The summed E-state index contributed by atoms with van der Waals surface area (Å²) in [5.74, 6) is 0.575. The van der Waals surface area contributed by atoms with Crippen molar-refractivity contribution in [1.29, 1.82) is 0 Å². The molecule has 1 N–H and O–H groups in total. The number of nitrogens with zero attached hydrogens (tertiary/aromatic N) is 2. The van der Waals surface area contributed by atoms with Gasteiger partial charge < -0.3 is 14.6 Å². The first-order chi connectivity index (χ1) is 14.9. The van der Waals surface area contributed by atoms with E-state index in [9.17, 15) is 4.79 Å². The van der Waals surface area contributed by atoms with Crippen LogP contribution in [0.3, 0.4) is 0 Å². The fourth-order valence-corrected chi connectivity index (χ4v) is 4.58. The zero-order chi connectivity index (χ0) is 22.1. The Balaban J connectivity index is 1.64. The van der Waals surface area contributed by atoms with E-state index in [2.05, 4.69) is 10.3 Å². The molecule has 1 aliphatic heterocycles. The number of nitrogens with one attached hydrogen (secondary N) is 1. The number of amidine groups is 1. The zero-order valence-electron chi connectivity index (χ0n) is 17.1. The molecule has 0 spiro atoms. The topological polar surface area (TPSA) is 55.6 Å². The second-order valence-electron chi connectivity index (χ2n) is 6.91. The summed E-state index contributed by atoms with van der Waals surface area (Å²) in [7, 11) is 1.61. The third-order valence-corrected chi connectivity index (χ3v) is 6.60. The van der Waals surface area contributed by atoms with Crippen LogP contribution in [0.5, 0.6) is 5.75 Å². The Labute approximate surface area is 194 Å². The lowest BCUT2D eigenvalue weighted by Crippen LogP contribution is -2.19. The number of aliphatic imine (C=N–C) groups is 1. The summed E-state index contributed by atoms with van der Waals surface area (Å²) in [5, 5.41) is 4.34. The van der Waals surface area contributed by atoms with Gasteiger partial charge in [-0.2, -0.15) is 0 Å². The molecule has 0 atom stereocenters. The van der Waals surface area contributed by atoms with Gasteiger partial charge in [-0.3, -0.25) is 4.79 Å². The van der Waals surface area contributed by atoms with Gasteiger partial charge in [-0.25, -0.2) is 4.99 Å². The smallest absolute Gasteiger partial charge is 0.264 e. The van der Waals surface area contributed by atoms with Crippen molar-refractivity contribution in [3.05, 3.63) is 80.4 Å². The summed E-state index contributed by atoms with van der Waals surface area (Å²) in [6.07, 6.45) is 1.87. The van der Waals surface area contributed by atoms with Gasteiger partial charge in [0.05, 0.1) is 33.4 Å². The summed E-state index contributed by atoms with van der Waals surface area (Å²) in [6, 6.07) is 14.9. The molecule has 1 fully saturated rings. The van der Waals surface area contributed by atoms with Crippen LogP contribution >= 0.6 is 35.0 Å². The molecule has 0 saturated carbocycles. The number of amides is 1. The summed E-state index contributed by atoms with van der Waals surface area (Å²) >= 11 is 13.9. The predicted octanol–water partition coefficient (Wildman–Crippen LogP) is 6.30. The summed E-state index contributed by atoms with van der Waals surface area (Å²) in [4.78, 5) is 17.6. The van der Waals surface area contributed by atoms with Gasteiger partial charge in [0.1, 0.15) is 5.75 Å². The molecule has 0 radical (unpaired) electrons. The third kappa shape index (κ3) is 4.37. The molecular weight excluding hydrogens is 453 g/mol. The molecule has 1 saturated heterocycles. The van der Waals surface area contributed by atoms with Crippen molar-refractivity contribution in [1.82, 2.24) is 9.88 Å². The number of carbonyl (C=O) groups excluding carboxylic acids is 1. The number of methoxy groups -OCH3 is 1. The normalized spacial score (nSPS) is 16.2.